The smallest absolute Gasteiger partial charge is 0.249 e. The summed E-state index contributed by atoms with van der Waals surface area (Å²) in [6, 6.07) is 3.94. The SMILES string of the molecule is CC(=O)NOCc1c(F)cccc1C(N)=O. The van der Waals surface area contributed by atoms with Gasteiger partial charge in [0.2, 0.25) is 11.8 Å². The number of nitrogens with one attached hydrogen (secondary N) is 1. The van der Waals surface area contributed by atoms with Gasteiger partial charge in [-0.05, 0) is 12.1 Å². The molecule has 2 amide bonds. The Hall–Kier alpha value is -1.95. The number of amides is 2. The number of hydrogen-bond donors (Lipinski definition) is 2. The first-order valence-corrected chi connectivity index (χ1v) is 4.48. The molecular weight excluding hydrogens is 215 g/mol. The third-order valence-corrected chi connectivity index (χ3v) is 1.82. The van der Waals surface area contributed by atoms with E-state index in [1.165, 1.54) is 25.1 Å². The molecule has 0 aliphatic heterocycles. The quantitative estimate of drug-likeness (QED) is 0.733. The number of carbonyl (C=O) groups excluding carboxylic acids is 2. The predicted molar refractivity (Wildman–Crippen MR) is 53.5 cm³/mol. The van der Waals surface area contributed by atoms with Gasteiger partial charge >= 0.3 is 0 Å². The summed E-state index contributed by atoms with van der Waals surface area (Å²) in [6.45, 7) is 0.987. The van der Waals surface area contributed by atoms with Crippen molar-refractivity contribution in [2.24, 2.45) is 5.73 Å². The van der Waals surface area contributed by atoms with Crippen LogP contribution in [-0.2, 0) is 16.2 Å². The molecule has 16 heavy (non-hydrogen) atoms. The van der Waals surface area contributed by atoms with Gasteiger partial charge in [0, 0.05) is 18.1 Å². The van der Waals surface area contributed by atoms with Crippen LogP contribution in [0.3, 0.4) is 0 Å². The molecule has 3 N–H and O–H groups in total. The molecule has 0 spiro atoms. The van der Waals surface area contributed by atoms with Crippen LogP contribution in [-0.4, -0.2) is 11.8 Å². The van der Waals surface area contributed by atoms with Crippen LogP contribution >= 0.6 is 0 Å². The number of nitrogens with two attached hydrogens (primary N) is 1. The first-order valence-electron chi connectivity index (χ1n) is 4.48. The summed E-state index contributed by atoms with van der Waals surface area (Å²) >= 11 is 0. The van der Waals surface area contributed by atoms with Gasteiger partial charge in [-0.3, -0.25) is 14.4 Å². The Balaban J connectivity index is 2.84. The fraction of sp³-hybridized carbons (Fsp3) is 0.200. The maximum Gasteiger partial charge on any atom is 0.249 e. The zero-order valence-corrected chi connectivity index (χ0v) is 8.62. The van der Waals surface area contributed by atoms with E-state index in [9.17, 15) is 14.0 Å². The van der Waals surface area contributed by atoms with Gasteiger partial charge in [-0.15, -0.1) is 0 Å². The Kier molecular flexibility index (Phi) is 3.96. The van der Waals surface area contributed by atoms with Crippen molar-refractivity contribution < 1.29 is 18.8 Å². The molecule has 1 aromatic rings. The highest BCUT2D eigenvalue weighted by Crippen LogP contribution is 2.13. The number of rotatable bonds is 4. The van der Waals surface area contributed by atoms with Gasteiger partial charge in [-0.2, -0.15) is 0 Å². The second-order valence-electron chi connectivity index (χ2n) is 3.08. The van der Waals surface area contributed by atoms with Crippen LogP contribution in [0.5, 0.6) is 0 Å². The zero-order chi connectivity index (χ0) is 12.1. The molecule has 0 aliphatic carbocycles. The Morgan fingerprint density at radius 2 is 2.19 bits per heavy atom. The molecule has 86 valence electrons. The Morgan fingerprint density at radius 3 is 2.75 bits per heavy atom. The Bertz CT molecular complexity index is 421. The first kappa shape index (κ1) is 12.1. The van der Waals surface area contributed by atoms with Gasteiger partial charge in [0.05, 0.1) is 0 Å². The molecule has 1 aromatic carbocycles. The third-order valence-electron chi connectivity index (χ3n) is 1.82. The number of hydroxylamine groups is 1. The normalized spacial score (nSPS) is 9.88. The average molecular weight is 226 g/mol. The van der Waals surface area contributed by atoms with Crippen molar-refractivity contribution in [3.05, 3.63) is 35.1 Å². The van der Waals surface area contributed by atoms with Crippen LogP contribution in [0.4, 0.5) is 4.39 Å². The fourth-order valence-electron chi connectivity index (χ4n) is 1.15. The van der Waals surface area contributed by atoms with Crippen LogP contribution in [0.2, 0.25) is 0 Å². The highest BCUT2D eigenvalue weighted by Gasteiger charge is 2.12. The zero-order valence-electron chi connectivity index (χ0n) is 8.62. The lowest BCUT2D eigenvalue weighted by atomic mass is 10.1. The molecule has 0 aromatic heterocycles. The van der Waals surface area contributed by atoms with E-state index in [0.717, 1.165) is 0 Å². The van der Waals surface area contributed by atoms with Crippen molar-refractivity contribution in [1.82, 2.24) is 5.48 Å². The lowest BCUT2D eigenvalue weighted by Gasteiger charge is -2.08. The molecule has 0 atom stereocenters. The third kappa shape index (κ3) is 3.03. The van der Waals surface area contributed by atoms with E-state index >= 15 is 0 Å². The van der Waals surface area contributed by atoms with Crippen molar-refractivity contribution >= 4 is 11.8 Å². The summed E-state index contributed by atoms with van der Waals surface area (Å²) in [4.78, 5) is 26.2. The molecule has 0 saturated carbocycles. The standard InChI is InChI=1S/C10H11FN2O3/c1-6(14)13-16-5-8-7(10(12)15)3-2-4-9(8)11/h2-4H,5H2,1H3,(H2,12,15)(H,13,14). The van der Waals surface area contributed by atoms with Gasteiger partial charge < -0.3 is 5.73 Å². The Morgan fingerprint density at radius 1 is 1.50 bits per heavy atom. The van der Waals surface area contributed by atoms with Crippen LogP contribution < -0.4 is 11.2 Å². The highest BCUT2D eigenvalue weighted by molar-refractivity contribution is 5.94. The summed E-state index contributed by atoms with van der Waals surface area (Å²) in [6.07, 6.45) is 0. The van der Waals surface area contributed by atoms with Crippen LogP contribution in [0.15, 0.2) is 18.2 Å². The monoisotopic (exact) mass is 226 g/mol. The van der Waals surface area contributed by atoms with Crippen LogP contribution in [0, 0.1) is 5.82 Å². The molecule has 0 heterocycles. The van der Waals surface area contributed by atoms with Crippen LogP contribution in [0.1, 0.15) is 22.8 Å². The molecule has 0 saturated heterocycles. The molecule has 1 rings (SSSR count). The number of carbonyl (C=O) groups is 2. The minimum absolute atomic E-state index is 0.0174. The molecule has 0 aliphatic rings. The van der Waals surface area contributed by atoms with Gasteiger partial charge in [-0.25, -0.2) is 9.87 Å². The maximum absolute atomic E-state index is 13.3. The van der Waals surface area contributed by atoms with E-state index in [2.05, 4.69) is 0 Å². The average Bonchev–Trinajstić information content (AvgIpc) is 2.19. The molecular formula is C10H11FN2O3. The van der Waals surface area contributed by atoms with Gasteiger partial charge in [0.1, 0.15) is 12.4 Å². The molecule has 0 unspecified atom stereocenters. The predicted octanol–water partition coefficient (Wildman–Crippen LogP) is 0.492. The Labute approximate surface area is 91.3 Å². The number of hydrogen-bond acceptors (Lipinski definition) is 3. The summed E-state index contributed by atoms with van der Waals surface area (Å²) in [5.41, 5.74) is 7.15. The lowest BCUT2D eigenvalue weighted by Crippen LogP contribution is -2.22. The fourth-order valence-corrected chi connectivity index (χ4v) is 1.15. The second kappa shape index (κ2) is 5.22. The minimum atomic E-state index is -0.749. The van der Waals surface area contributed by atoms with E-state index in [1.807, 2.05) is 5.48 Å². The van der Waals surface area contributed by atoms with E-state index in [0.29, 0.717) is 0 Å². The minimum Gasteiger partial charge on any atom is -0.366 e. The highest BCUT2D eigenvalue weighted by atomic mass is 19.1. The van der Waals surface area contributed by atoms with Gasteiger partial charge in [0.15, 0.2) is 0 Å². The van der Waals surface area contributed by atoms with Crippen molar-refractivity contribution in [2.45, 2.75) is 13.5 Å². The van der Waals surface area contributed by atoms with Crippen molar-refractivity contribution in [3.63, 3.8) is 0 Å². The van der Waals surface area contributed by atoms with E-state index < -0.39 is 17.6 Å². The number of halogens is 1. The van der Waals surface area contributed by atoms with E-state index in [1.54, 1.807) is 0 Å². The van der Waals surface area contributed by atoms with Crippen molar-refractivity contribution in [3.8, 4) is 0 Å². The summed E-state index contributed by atoms with van der Waals surface area (Å²) < 4.78 is 13.3. The van der Waals surface area contributed by atoms with Gasteiger partial charge in [0.25, 0.3) is 0 Å². The largest absolute Gasteiger partial charge is 0.366 e. The second-order valence-corrected chi connectivity index (χ2v) is 3.08. The first-order chi connectivity index (χ1) is 7.52. The summed E-state index contributed by atoms with van der Waals surface area (Å²) in [7, 11) is 0. The van der Waals surface area contributed by atoms with E-state index in [-0.39, 0.29) is 17.7 Å². The molecule has 0 bridgehead atoms. The summed E-state index contributed by atoms with van der Waals surface area (Å²) in [5.74, 6) is -1.78. The summed E-state index contributed by atoms with van der Waals surface area (Å²) in [5, 5.41) is 0. The number of benzene rings is 1. The molecule has 0 radical (unpaired) electrons. The number of primary amides is 1. The van der Waals surface area contributed by atoms with E-state index in [4.69, 9.17) is 10.6 Å². The lowest BCUT2D eigenvalue weighted by molar-refractivity contribution is -0.132. The molecule has 0 fully saturated rings. The topological polar surface area (TPSA) is 81.4 Å². The molecule has 5 nitrogen and oxygen atoms in total. The van der Waals surface area contributed by atoms with Crippen molar-refractivity contribution in [1.29, 1.82) is 0 Å². The van der Waals surface area contributed by atoms with Crippen molar-refractivity contribution in [2.75, 3.05) is 0 Å². The maximum atomic E-state index is 13.3. The van der Waals surface area contributed by atoms with Crippen LogP contribution in [0.25, 0.3) is 0 Å². The van der Waals surface area contributed by atoms with Gasteiger partial charge in [-0.1, -0.05) is 6.07 Å². The molecule has 6 heteroatoms.